The average molecular weight is 771 g/mol. The molecule has 3 aromatic carbocycles. The van der Waals surface area contributed by atoms with Crippen molar-refractivity contribution in [3.05, 3.63) is 119 Å². The normalized spacial score (nSPS) is 17.6. The minimum atomic E-state index is -1.24. The summed E-state index contributed by atoms with van der Waals surface area (Å²) in [6.07, 6.45) is 4.70. The Balaban J connectivity index is 0.853. The second-order valence-corrected chi connectivity index (χ2v) is 16.2. The molecule has 12 nitrogen and oxygen atoms in total. The van der Waals surface area contributed by atoms with Gasteiger partial charge in [0.2, 0.25) is 11.8 Å². The van der Waals surface area contributed by atoms with E-state index in [0.717, 1.165) is 61.0 Å². The van der Waals surface area contributed by atoms with Crippen LogP contribution in [-0.4, -0.2) is 66.8 Å². The molecule has 5 heterocycles. The summed E-state index contributed by atoms with van der Waals surface area (Å²) in [5.41, 5.74) is 7.42. The Kier molecular flexibility index (Phi) is 10.8. The van der Waals surface area contributed by atoms with Gasteiger partial charge in [0.25, 0.3) is 5.89 Å². The first kappa shape index (κ1) is 38.3. The summed E-state index contributed by atoms with van der Waals surface area (Å²) in [5, 5.41) is 28.0. The number of rotatable bonds is 11. The van der Waals surface area contributed by atoms with Gasteiger partial charge in [0, 0.05) is 53.2 Å². The van der Waals surface area contributed by atoms with Gasteiger partial charge >= 0.3 is 0 Å². The maximum atomic E-state index is 15.4. The highest BCUT2D eigenvalue weighted by molar-refractivity contribution is 6.01. The fraction of sp³-hybridized carbons (Fsp3) is 0.364. The molecule has 0 radical (unpaired) electrons. The van der Waals surface area contributed by atoms with Crippen LogP contribution in [0.25, 0.3) is 33.4 Å². The van der Waals surface area contributed by atoms with Crippen molar-refractivity contribution in [2.24, 2.45) is 0 Å². The average Bonchev–Trinajstić information content (AvgIpc) is 3.89. The van der Waals surface area contributed by atoms with E-state index in [4.69, 9.17) is 4.52 Å². The number of likely N-dealkylation sites (tertiary alicyclic amines) is 1. The van der Waals surface area contributed by atoms with E-state index in [9.17, 15) is 14.7 Å². The van der Waals surface area contributed by atoms with Gasteiger partial charge in [-0.3, -0.25) is 25.3 Å². The number of benzene rings is 3. The zero-order valence-corrected chi connectivity index (χ0v) is 32.4. The van der Waals surface area contributed by atoms with Crippen LogP contribution in [0.15, 0.2) is 83.5 Å². The second-order valence-electron chi connectivity index (χ2n) is 16.2. The van der Waals surface area contributed by atoms with Crippen LogP contribution in [0.2, 0.25) is 0 Å². The Morgan fingerprint density at radius 3 is 2.39 bits per heavy atom. The Morgan fingerprint density at radius 1 is 0.947 bits per heavy atom. The van der Waals surface area contributed by atoms with E-state index in [1.54, 1.807) is 6.07 Å². The zero-order chi connectivity index (χ0) is 39.7. The number of aliphatic hydroxyl groups is 1. The monoisotopic (exact) mass is 770 g/mol. The molecule has 6 aromatic rings. The molecule has 8 rings (SSSR count). The van der Waals surface area contributed by atoms with Crippen LogP contribution in [0, 0.1) is 5.82 Å². The molecule has 2 aliphatic heterocycles. The molecule has 0 saturated carbocycles. The van der Waals surface area contributed by atoms with Crippen LogP contribution in [-0.2, 0) is 28.0 Å². The number of halogens is 1. The van der Waals surface area contributed by atoms with Crippen LogP contribution >= 0.6 is 0 Å². The number of aliphatic hydroxyl groups excluding tert-OH is 1. The second kappa shape index (κ2) is 16.1. The quantitative estimate of drug-likeness (QED) is 0.0812. The van der Waals surface area contributed by atoms with Crippen LogP contribution < -0.4 is 10.6 Å². The number of hydrogen-bond acceptors (Lipinski definition) is 10. The third kappa shape index (κ3) is 8.55. The summed E-state index contributed by atoms with van der Waals surface area (Å²) in [4.78, 5) is 35.2. The lowest BCUT2D eigenvalue weighted by Gasteiger charge is -2.32. The van der Waals surface area contributed by atoms with Crippen LogP contribution in [0.3, 0.4) is 0 Å². The lowest BCUT2D eigenvalue weighted by Crippen LogP contribution is -2.39. The lowest BCUT2D eigenvalue weighted by atomic mass is 9.88. The number of nitrogens with zero attached hydrogens (tertiary/aromatic N) is 5. The van der Waals surface area contributed by atoms with Gasteiger partial charge in [0.05, 0.1) is 5.92 Å². The number of imide groups is 1. The number of aromatic nitrogens is 5. The number of aromatic amines is 1. The predicted octanol–water partition coefficient (Wildman–Crippen LogP) is 6.83. The SMILES string of the molecule is CC(C)(C)c1noc(C(O)NCc2ccc(-c3n[nH]c4ncc(-c5ccc(C6CCN(CCc7ccc(C8CCC(=O)NC8=O)cc7)CC6)cc5)cc34)cc2F)n1. The van der Waals surface area contributed by atoms with Crippen molar-refractivity contribution >= 4 is 22.8 Å². The van der Waals surface area contributed by atoms with Gasteiger partial charge in [-0.05, 0) is 79.1 Å². The number of carbonyl (C=O) groups is 2. The molecular formula is C44H47FN8O4. The Labute approximate surface area is 330 Å². The van der Waals surface area contributed by atoms with E-state index in [-0.39, 0.29) is 35.6 Å². The Bertz CT molecular complexity index is 2380. The molecular weight excluding hydrogens is 724 g/mol. The molecule has 3 aromatic heterocycles. The first-order chi connectivity index (χ1) is 27.5. The molecule has 2 atom stereocenters. The summed E-state index contributed by atoms with van der Waals surface area (Å²) in [7, 11) is 0. The smallest absolute Gasteiger partial charge is 0.270 e. The van der Waals surface area contributed by atoms with Crippen molar-refractivity contribution in [2.75, 3.05) is 19.6 Å². The van der Waals surface area contributed by atoms with E-state index in [1.807, 2.05) is 51.2 Å². The molecule has 2 amide bonds. The molecule has 2 unspecified atom stereocenters. The van der Waals surface area contributed by atoms with Gasteiger partial charge < -0.3 is 14.5 Å². The van der Waals surface area contributed by atoms with Gasteiger partial charge in [-0.15, -0.1) is 0 Å². The maximum Gasteiger partial charge on any atom is 0.270 e. The number of amides is 2. The number of nitrogens with one attached hydrogen (secondary N) is 3. The number of hydrogen-bond donors (Lipinski definition) is 4. The Hall–Kier alpha value is -5.63. The Morgan fingerprint density at radius 2 is 1.68 bits per heavy atom. The molecule has 13 heteroatoms. The van der Waals surface area contributed by atoms with Gasteiger partial charge in [-0.25, -0.2) is 9.37 Å². The largest absolute Gasteiger partial charge is 0.370 e. The number of carbonyl (C=O) groups excluding carboxylic acids is 2. The van der Waals surface area contributed by atoms with E-state index in [1.165, 1.54) is 17.2 Å². The fourth-order valence-electron chi connectivity index (χ4n) is 7.72. The standard InChI is InChI=1S/C44H47FN8O4/c1-44(2,3)43-49-42(57-52-43)41(56)47-24-32-13-12-31(23-36(32)45)38-35-22-33(25-46-39(35)51-50-38)28-10-8-27(9-11-28)29-17-20-53(21-18-29)19-16-26-4-6-30(7-5-26)34-14-15-37(54)48-40(34)55/h4-13,22-23,25,29,34,41,47,56H,14-21,24H2,1-3H3,(H,46,50,51)(H,48,54,55). The van der Waals surface area contributed by atoms with E-state index < -0.39 is 12.0 Å². The lowest BCUT2D eigenvalue weighted by molar-refractivity contribution is -0.134. The third-order valence-corrected chi connectivity index (χ3v) is 11.2. The summed E-state index contributed by atoms with van der Waals surface area (Å²) in [6, 6.07) is 24.0. The van der Waals surface area contributed by atoms with E-state index in [0.29, 0.717) is 47.1 Å². The van der Waals surface area contributed by atoms with Crippen molar-refractivity contribution < 1.29 is 23.6 Å². The van der Waals surface area contributed by atoms with Gasteiger partial charge in [-0.2, -0.15) is 10.1 Å². The highest BCUT2D eigenvalue weighted by atomic mass is 19.1. The summed E-state index contributed by atoms with van der Waals surface area (Å²) in [6.45, 7) is 8.97. The molecule has 57 heavy (non-hydrogen) atoms. The van der Waals surface area contributed by atoms with Crippen molar-refractivity contribution in [1.82, 2.24) is 40.9 Å². The molecule has 4 N–H and O–H groups in total. The minimum absolute atomic E-state index is 0.0286. The van der Waals surface area contributed by atoms with Gasteiger partial charge in [0.15, 0.2) is 17.7 Å². The number of fused-ring (bicyclic) bond motifs is 1. The molecule has 294 valence electrons. The number of piperidine rings is 2. The highest BCUT2D eigenvalue weighted by Gasteiger charge is 2.28. The van der Waals surface area contributed by atoms with Gasteiger partial charge in [-0.1, -0.05) is 86.6 Å². The first-order valence-electron chi connectivity index (χ1n) is 19.6. The number of H-pyrrole nitrogens is 1. The molecule has 2 fully saturated rings. The van der Waals surface area contributed by atoms with Crippen molar-refractivity contribution in [3.63, 3.8) is 0 Å². The van der Waals surface area contributed by atoms with Gasteiger partial charge in [0.1, 0.15) is 11.5 Å². The van der Waals surface area contributed by atoms with Crippen LogP contribution in [0.1, 0.15) is 98.5 Å². The first-order valence-corrected chi connectivity index (χ1v) is 19.6. The van der Waals surface area contributed by atoms with Crippen molar-refractivity contribution in [1.29, 1.82) is 0 Å². The van der Waals surface area contributed by atoms with E-state index >= 15 is 4.39 Å². The molecule has 0 bridgehead atoms. The molecule has 2 aliphatic rings. The third-order valence-electron chi connectivity index (χ3n) is 11.2. The summed E-state index contributed by atoms with van der Waals surface area (Å²) < 4.78 is 20.6. The van der Waals surface area contributed by atoms with Crippen LogP contribution in [0.5, 0.6) is 0 Å². The predicted molar refractivity (Wildman–Crippen MR) is 213 cm³/mol. The fourth-order valence-corrected chi connectivity index (χ4v) is 7.72. The zero-order valence-electron chi connectivity index (χ0n) is 32.4. The summed E-state index contributed by atoms with van der Waals surface area (Å²) in [5.74, 6) is -0.0620. The topological polar surface area (TPSA) is 162 Å². The van der Waals surface area contributed by atoms with E-state index in [2.05, 4.69) is 77.3 Å². The number of pyridine rings is 1. The maximum absolute atomic E-state index is 15.4. The molecule has 2 saturated heterocycles. The molecule has 0 aliphatic carbocycles. The van der Waals surface area contributed by atoms with Crippen LogP contribution in [0.4, 0.5) is 4.39 Å². The van der Waals surface area contributed by atoms with Crippen molar-refractivity contribution in [2.45, 2.75) is 82.9 Å². The minimum Gasteiger partial charge on any atom is -0.370 e. The van der Waals surface area contributed by atoms with Crippen molar-refractivity contribution in [3.8, 4) is 22.4 Å². The highest BCUT2D eigenvalue weighted by Crippen LogP contribution is 2.33. The molecule has 0 spiro atoms. The summed E-state index contributed by atoms with van der Waals surface area (Å²) >= 11 is 0.